The first-order valence-electron chi connectivity index (χ1n) is 7.47. The van der Waals surface area contributed by atoms with Crippen molar-refractivity contribution in [2.24, 2.45) is 7.05 Å². The van der Waals surface area contributed by atoms with Crippen LogP contribution in [0.1, 0.15) is 0 Å². The van der Waals surface area contributed by atoms with Crippen molar-refractivity contribution >= 4 is 22.4 Å². The number of rotatable bonds is 4. The Balaban J connectivity index is 1.68. The van der Waals surface area contributed by atoms with Crippen LogP contribution in [0.4, 0.5) is 11.5 Å². The van der Waals surface area contributed by atoms with Gasteiger partial charge in [-0.3, -0.25) is 4.68 Å². The molecule has 24 heavy (non-hydrogen) atoms. The van der Waals surface area contributed by atoms with E-state index in [1.54, 1.807) is 18.0 Å². The molecule has 0 aliphatic rings. The van der Waals surface area contributed by atoms with E-state index in [4.69, 9.17) is 4.74 Å². The van der Waals surface area contributed by atoms with Gasteiger partial charge in [0.15, 0.2) is 0 Å². The number of aromatic amines is 1. The standard InChI is InChI=1S/C17H16N6O/c1-23-10-12(9-20-23)14-6-11-8-19-16(7-15(11)21-14)22-13-4-3-5-18-17(13)24-2/h3-10,21H,1-2H3,(H,19,22). The minimum absolute atomic E-state index is 0.530. The second-order valence-electron chi connectivity index (χ2n) is 5.43. The molecule has 0 aromatic carbocycles. The number of anilines is 2. The van der Waals surface area contributed by atoms with Crippen LogP contribution in [0, 0.1) is 0 Å². The van der Waals surface area contributed by atoms with E-state index in [0.717, 1.165) is 27.8 Å². The quantitative estimate of drug-likeness (QED) is 0.604. The summed E-state index contributed by atoms with van der Waals surface area (Å²) in [5, 5.41) is 8.48. The molecule has 4 aromatic rings. The van der Waals surface area contributed by atoms with E-state index in [2.05, 4.69) is 31.4 Å². The number of hydrogen-bond donors (Lipinski definition) is 2. The van der Waals surface area contributed by atoms with Crippen molar-refractivity contribution in [3.63, 3.8) is 0 Å². The van der Waals surface area contributed by atoms with Gasteiger partial charge in [-0.05, 0) is 18.2 Å². The fourth-order valence-corrected chi connectivity index (χ4v) is 2.60. The van der Waals surface area contributed by atoms with Gasteiger partial charge < -0.3 is 15.0 Å². The molecule has 0 saturated carbocycles. The molecular formula is C17H16N6O. The van der Waals surface area contributed by atoms with Crippen LogP contribution in [0.2, 0.25) is 0 Å². The third-order valence-electron chi connectivity index (χ3n) is 3.75. The molecule has 4 aromatic heterocycles. The maximum atomic E-state index is 5.25. The van der Waals surface area contributed by atoms with Crippen molar-refractivity contribution in [2.75, 3.05) is 12.4 Å². The summed E-state index contributed by atoms with van der Waals surface area (Å²) in [5.41, 5.74) is 3.81. The Morgan fingerprint density at radius 3 is 2.92 bits per heavy atom. The molecule has 7 nitrogen and oxygen atoms in total. The number of H-pyrrole nitrogens is 1. The fourth-order valence-electron chi connectivity index (χ4n) is 2.60. The number of hydrogen-bond acceptors (Lipinski definition) is 5. The van der Waals surface area contributed by atoms with Gasteiger partial charge in [-0.1, -0.05) is 0 Å². The zero-order valence-corrected chi connectivity index (χ0v) is 13.3. The summed E-state index contributed by atoms with van der Waals surface area (Å²) < 4.78 is 7.03. The first-order valence-corrected chi connectivity index (χ1v) is 7.47. The van der Waals surface area contributed by atoms with Gasteiger partial charge in [0, 0.05) is 48.3 Å². The van der Waals surface area contributed by atoms with Crippen molar-refractivity contribution in [3.8, 4) is 17.1 Å². The normalized spacial score (nSPS) is 10.9. The molecule has 0 fully saturated rings. The largest absolute Gasteiger partial charge is 0.480 e. The van der Waals surface area contributed by atoms with E-state index in [9.17, 15) is 0 Å². The molecular weight excluding hydrogens is 304 g/mol. The van der Waals surface area contributed by atoms with Crippen molar-refractivity contribution in [1.29, 1.82) is 0 Å². The van der Waals surface area contributed by atoms with Gasteiger partial charge in [0.05, 0.1) is 18.8 Å². The maximum Gasteiger partial charge on any atom is 0.237 e. The fraction of sp³-hybridized carbons (Fsp3) is 0.118. The van der Waals surface area contributed by atoms with E-state index >= 15 is 0 Å². The van der Waals surface area contributed by atoms with Gasteiger partial charge in [0.1, 0.15) is 11.5 Å². The van der Waals surface area contributed by atoms with Crippen molar-refractivity contribution in [1.82, 2.24) is 24.7 Å². The summed E-state index contributed by atoms with van der Waals surface area (Å²) in [4.78, 5) is 12.0. The topological polar surface area (TPSA) is 80.6 Å². The lowest BCUT2D eigenvalue weighted by atomic mass is 10.2. The number of aryl methyl sites for hydroxylation is 1. The van der Waals surface area contributed by atoms with Crippen molar-refractivity contribution in [3.05, 3.63) is 49.1 Å². The summed E-state index contributed by atoms with van der Waals surface area (Å²) in [6.07, 6.45) is 7.32. The molecule has 0 amide bonds. The monoisotopic (exact) mass is 320 g/mol. The summed E-state index contributed by atoms with van der Waals surface area (Å²) in [6, 6.07) is 7.77. The third-order valence-corrected chi connectivity index (χ3v) is 3.75. The Labute approximate surface area is 138 Å². The Kier molecular flexibility index (Phi) is 3.38. The second-order valence-corrected chi connectivity index (χ2v) is 5.43. The molecule has 0 atom stereocenters. The highest BCUT2D eigenvalue weighted by Gasteiger charge is 2.08. The molecule has 0 bridgehead atoms. The van der Waals surface area contributed by atoms with E-state index in [1.807, 2.05) is 43.8 Å². The van der Waals surface area contributed by atoms with Crippen molar-refractivity contribution < 1.29 is 4.74 Å². The van der Waals surface area contributed by atoms with Crippen LogP contribution in [0.5, 0.6) is 5.88 Å². The van der Waals surface area contributed by atoms with Crippen LogP contribution >= 0.6 is 0 Å². The molecule has 120 valence electrons. The number of fused-ring (bicyclic) bond motifs is 1. The van der Waals surface area contributed by atoms with Crippen LogP contribution < -0.4 is 10.1 Å². The third kappa shape index (κ3) is 2.56. The second kappa shape index (κ2) is 5.69. The molecule has 0 radical (unpaired) electrons. The molecule has 2 N–H and O–H groups in total. The molecule has 7 heteroatoms. The number of ether oxygens (including phenoxy) is 1. The van der Waals surface area contributed by atoms with Crippen LogP contribution in [0.25, 0.3) is 22.2 Å². The molecule has 4 rings (SSSR count). The van der Waals surface area contributed by atoms with Gasteiger partial charge in [0.25, 0.3) is 0 Å². The van der Waals surface area contributed by atoms with Crippen LogP contribution in [0.3, 0.4) is 0 Å². The van der Waals surface area contributed by atoms with E-state index in [1.165, 1.54) is 0 Å². The number of nitrogens with one attached hydrogen (secondary N) is 2. The summed E-state index contributed by atoms with van der Waals surface area (Å²) in [7, 11) is 3.49. The zero-order chi connectivity index (χ0) is 16.5. The van der Waals surface area contributed by atoms with Gasteiger partial charge in [0.2, 0.25) is 5.88 Å². The summed E-state index contributed by atoms with van der Waals surface area (Å²) in [5.74, 6) is 1.25. The number of methoxy groups -OCH3 is 1. The van der Waals surface area contributed by atoms with Crippen LogP contribution in [-0.4, -0.2) is 31.8 Å². The first-order chi connectivity index (χ1) is 11.7. The zero-order valence-electron chi connectivity index (χ0n) is 13.3. The van der Waals surface area contributed by atoms with Crippen molar-refractivity contribution in [2.45, 2.75) is 0 Å². The van der Waals surface area contributed by atoms with Gasteiger partial charge >= 0.3 is 0 Å². The summed E-state index contributed by atoms with van der Waals surface area (Å²) >= 11 is 0. The lowest BCUT2D eigenvalue weighted by Gasteiger charge is -2.08. The van der Waals surface area contributed by atoms with E-state index in [-0.39, 0.29) is 0 Å². The Morgan fingerprint density at radius 1 is 1.21 bits per heavy atom. The van der Waals surface area contributed by atoms with Gasteiger partial charge in [-0.15, -0.1) is 0 Å². The predicted molar refractivity (Wildman–Crippen MR) is 92.4 cm³/mol. The molecule has 0 unspecified atom stereocenters. The molecule has 0 spiro atoms. The minimum atomic E-state index is 0.530. The molecule has 0 saturated heterocycles. The minimum Gasteiger partial charge on any atom is -0.480 e. The summed E-state index contributed by atoms with van der Waals surface area (Å²) in [6.45, 7) is 0. The highest BCUT2D eigenvalue weighted by molar-refractivity contribution is 5.87. The van der Waals surface area contributed by atoms with Crippen LogP contribution in [-0.2, 0) is 7.05 Å². The molecule has 0 aliphatic heterocycles. The molecule has 4 heterocycles. The first kappa shape index (κ1) is 14.3. The molecule has 0 aliphatic carbocycles. The van der Waals surface area contributed by atoms with Gasteiger partial charge in [-0.25, -0.2) is 9.97 Å². The number of aromatic nitrogens is 5. The lowest BCUT2D eigenvalue weighted by Crippen LogP contribution is -1.97. The highest BCUT2D eigenvalue weighted by atomic mass is 16.5. The number of nitrogens with zero attached hydrogens (tertiary/aromatic N) is 4. The van der Waals surface area contributed by atoms with Gasteiger partial charge in [-0.2, -0.15) is 5.10 Å². The Morgan fingerprint density at radius 2 is 2.12 bits per heavy atom. The Bertz CT molecular complexity index is 1000. The average molecular weight is 320 g/mol. The van der Waals surface area contributed by atoms with Crippen LogP contribution in [0.15, 0.2) is 49.1 Å². The SMILES string of the molecule is COc1ncccc1Nc1cc2[nH]c(-c3cnn(C)c3)cc2cn1. The maximum absolute atomic E-state index is 5.25. The predicted octanol–water partition coefficient (Wildman–Crippen LogP) is 3.11. The van der Waals surface area contributed by atoms with E-state index in [0.29, 0.717) is 11.7 Å². The van der Waals surface area contributed by atoms with E-state index < -0.39 is 0 Å². The Hall–Kier alpha value is -3.35. The smallest absolute Gasteiger partial charge is 0.237 e. The average Bonchev–Trinajstić information content (AvgIpc) is 3.21. The highest BCUT2D eigenvalue weighted by Crippen LogP contribution is 2.27. The lowest BCUT2D eigenvalue weighted by molar-refractivity contribution is 0.400. The number of pyridine rings is 2.